The van der Waals surface area contributed by atoms with Gasteiger partial charge in [0.05, 0.1) is 19.5 Å². The van der Waals surface area contributed by atoms with Gasteiger partial charge in [-0.25, -0.2) is 9.37 Å². The number of pyridine rings is 1. The Bertz CT molecular complexity index is 1090. The monoisotopic (exact) mass is 377 g/mol. The molecular formula is C20H16FN5O2. The number of carbonyl (C=O) groups excluding carboxylic acids is 1. The van der Waals surface area contributed by atoms with Crippen LogP contribution < -0.4 is 0 Å². The number of aromatic nitrogens is 5. The fourth-order valence-electron chi connectivity index (χ4n) is 3.06. The summed E-state index contributed by atoms with van der Waals surface area (Å²) in [5, 5.41) is 14.0. The van der Waals surface area contributed by atoms with E-state index < -0.39 is 0 Å². The summed E-state index contributed by atoms with van der Waals surface area (Å²) in [6.07, 6.45) is 6.17. The predicted octanol–water partition coefficient (Wildman–Crippen LogP) is 2.70. The Kier molecular flexibility index (Phi) is 4.77. The van der Waals surface area contributed by atoms with Gasteiger partial charge in [0.1, 0.15) is 22.9 Å². The van der Waals surface area contributed by atoms with E-state index in [4.69, 9.17) is 0 Å². The Labute approximate surface area is 159 Å². The van der Waals surface area contributed by atoms with Crippen molar-refractivity contribution in [3.8, 4) is 22.4 Å². The summed E-state index contributed by atoms with van der Waals surface area (Å²) in [6.45, 7) is -0.0635. The molecule has 3 heterocycles. The number of rotatable bonds is 6. The zero-order valence-electron chi connectivity index (χ0n) is 14.7. The van der Waals surface area contributed by atoms with Gasteiger partial charge in [-0.15, -0.1) is 0 Å². The second-order valence-corrected chi connectivity index (χ2v) is 6.05. The standard InChI is InChI=1S/C20H16FN5O2/c21-15-3-1-14(2-4-15)18-17(13-5-7-22-8-6-13)19(26(25-18)9-10-27)20(28)16-11-23-12-24-16/h1-8,11-12,27H,9-10H2,(H,23,24). The van der Waals surface area contributed by atoms with Gasteiger partial charge in [-0.1, -0.05) is 0 Å². The van der Waals surface area contributed by atoms with Crippen molar-refractivity contribution in [1.82, 2.24) is 24.7 Å². The SMILES string of the molecule is O=C(c1c[nH]cn1)c1c(-c2ccncc2)c(-c2ccc(F)cc2)nn1CCO. The van der Waals surface area contributed by atoms with Crippen LogP contribution in [0.15, 0.2) is 61.3 Å². The van der Waals surface area contributed by atoms with Crippen molar-refractivity contribution in [3.05, 3.63) is 78.5 Å². The molecule has 0 amide bonds. The maximum atomic E-state index is 13.4. The van der Waals surface area contributed by atoms with Gasteiger partial charge in [0.2, 0.25) is 5.78 Å². The number of imidazole rings is 1. The molecule has 1 aromatic carbocycles. The first kappa shape index (κ1) is 17.7. The van der Waals surface area contributed by atoms with E-state index in [2.05, 4.69) is 20.1 Å². The summed E-state index contributed by atoms with van der Waals surface area (Å²) in [5.74, 6) is -0.695. The van der Waals surface area contributed by atoms with Crippen molar-refractivity contribution >= 4 is 5.78 Å². The maximum absolute atomic E-state index is 13.4. The van der Waals surface area contributed by atoms with Crippen molar-refractivity contribution in [3.63, 3.8) is 0 Å². The quantitative estimate of drug-likeness (QED) is 0.504. The number of halogens is 1. The molecule has 0 saturated carbocycles. The zero-order valence-corrected chi connectivity index (χ0v) is 14.7. The number of hydrogen-bond acceptors (Lipinski definition) is 5. The number of H-pyrrole nitrogens is 1. The highest BCUT2D eigenvalue weighted by atomic mass is 19.1. The van der Waals surface area contributed by atoms with Crippen LogP contribution >= 0.6 is 0 Å². The average molecular weight is 377 g/mol. The van der Waals surface area contributed by atoms with Crippen LogP contribution in [-0.4, -0.2) is 42.2 Å². The van der Waals surface area contributed by atoms with E-state index in [1.807, 2.05) is 0 Å². The lowest BCUT2D eigenvalue weighted by Crippen LogP contribution is -2.14. The lowest BCUT2D eigenvalue weighted by molar-refractivity contribution is 0.102. The Morgan fingerprint density at radius 1 is 1.11 bits per heavy atom. The van der Waals surface area contributed by atoms with E-state index in [-0.39, 0.29) is 30.4 Å². The van der Waals surface area contributed by atoms with Crippen molar-refractivity contribution in [2.75, 3.05) is 6.61 Å². The first-order valence-corrected chi connectivity index (χ1v) is 8.60. The lowest BCUT2D eigenvalue weighted by atomic mass is 9.97. The van der Waals surface area contributed by atoms with Gasteiger partial charge < -0.3 is 10.1 Å². The highest BCUT2D eigenvalue weighted by Crippen LogP contribution is 2.35. The number of carbonyl (C=O) groups is 1. The molecule has 3 aromatic heterocycles. The molecule has 8 heteroatoms. The van der Waals surface area contributed by atoms with Gasteiger partial charge in [0.15, 0.2) is 0 Å². The Hall–Kier alpha value is -3.65. The average Bonchev–Trinajstić information content (AvgIpc) is 3.37. The summed E-state index contributed by atoms with van der Waals surface area (Å²) >= 11 is 0. The van der Waals surface area contributed by atoms with Crippen LogP contribution in [0.4, 0.5) is 4.39 Å². The lowest BCUT2D eigenvalue weighted by Gasteiger charge is -2.07. The number of aromatic amines is 1. The maximum Gasteiger partial charge on any atom is 0.231 e. The van der Waals surface area contributed by atoms with Crippen LogP contribution in [0.5, 0.6) is 0 Å². The normalized spacial score (nSPS) is 10.9. The van der Waals surface area contributed by atoms with Crippen LogP contribution in [0.2, 0.25) is 0 Å². The zero-order chi connectivity index (χ0) is 19.5. The van der Waals surface area contributed by atoms with Crippen LogP contribution in [0.25, 0.3) is 22.4 Å². The number of hydrogen-bond donors (Lipinski definition) is 2. The fourth-order valence-corrected chi connectivity index (χ4v) is 3.06. The molecule has 0 unspecified atom stereocenters. The van der Waals surface area contributed by atoms with E-state index >= 15 is 0 Å². The third-order valence-electron chi connectivity index (χ3n) is 4.30. The number of aliphatic hydroxyl groups is 1. The number of aliphatic hydroxyl groups excluding tert-OH is 1. The van der Waals surface area contributed by atoms with Crippen LogP contribution in [0.1, 0.15) is 16.2 Å². The number of benzene rings is 1. The number of nitrogens with zero attached hydrogens (tertiary/aromatic N) is 4. The molecule has 0 bridgehead atoms. The number of ketones is 1. The van der Waals surface area contributed by atoms with E-state index in [1.54, 1.807) is 36.7 Å². The minimum atomic E-state index is -0.364. The topological polar surface area (TPSA) is 96.7 Å². The van der Waals surface area contributed by atoms with Crippen molar-refractivity contribution < 1.29 is 14.3 Å². The summed E-state index contributed by atoms with van der Waals surface area (Å²) in [6, 6.07) is 9.43. The third kappa shape index (κ3) is 3.21. The molecular weight excluding hydrogens is 361 g/mol. The molecule has 0 fully saturated rings. The van der Waals surface area contributed by atoms with Crippen LogP contribution in [0, 0.1) is 5.82 Å². The van der Waals surface area contributed by atoms with Crippen LogP contribution in [0.3, 0.4) is 0 Å². The van der Waals surface area contributed by atoms with E-state index in [1.165, 1.54) is 29.3 Å². The number of nitrogens with one attached hydrogen (secondary N) is 1. The van der Waals surface area contributed by atoms with Gasteiger partial charge in [-0.05, 0) is 42.0 Å². The molecule has 4 aromatic rings. The second kappa shape index (κ2) is 7.53. The Balaban J connectivity index is 2.00. The molecule has 4 rings (SSSR count). The molecule has 28 heavy (non-hydrogen) atoms. The van der Waals surface area contributed by atoms with Gasteiger partial charge >= 0.3 is 0 Å². The van der Waals surface area contributed by atoms with Gasteiger partial charge in [0, 0.05) is 29.7 Å². The van der Waals surface area contributed by atoms with E-state index in [9.17, 15) is 14.3 Å². The molecule has 7 nitrogen and oxygen atoms in total. The Morgan fingerprint density at radius 3 is 2.50 bits per heavy atom. The fraction of sp³-hybridized carbons (Fsp3) is 0.100. The summed E-state index contributed by atoms with van der Waals surface area (Å²) in [5.41, 5.74) is 3.01. The predicted molar refractivity (Wildman–Crippen MR) is 100.0 cm³/mol. The molecule has 2 N–H and O–H groups in total. The van der Waals surface area contributed by atoms with Gasteiger partial charge in [0.25, 0.3) is 0 Å². The Morgan fingerprint density at radius 2 is 1.86 bits per heavy atom. The molecule has 0 aliphatic heterocycles. The van der Waals surface area contributed by atoms with Crippen molar-refractivity contribution in [2.24, 2.45) is 0 Å². The smallest absolute Gasteiger partial charge is 0.231 e. The first-order chi connectivity index (χ1) is 13.7. The second-order valence-electron chi connectivity index (χ2n) is 6.05. The largest absolute Gasteiger partial charge is 0.394 e. The molecule has 0 aliphatic rings. The van der Waals surface area contributed by atoms with E-state index in [0.717, 1.165) is 5.56 Å². The summed E-state index contributed by atoms with van der Waals surface area (Å²) < 4.78 is 14.9. The summed E-state index contributed by atoms with van der Waals surface area (Å²) in [4.78, 5) is 24.1. The highest BCUT2D eigenvalue weighted by molar-refractivity contribution is 6.12. The van der Waals surface area contributed by atoms with Gasteiger partial charge in [-0.2, -0.15) is 5.10 Å². The summed E-state index contributed by atoms with van der Waals surface area (Å²) in [7, 11) is 0. The minimum Gasteiger partial charge on any atom is -0.394 e. The van der Waals surface area contributed by atoms with Crippen molar-refractivity contribution in [2.45, 2.75) is 6.54 Å². The third-order valence-corrected chi connectivity index (χ3v) is 4.30. The van der Waals surface area contributed by atoms with Crippen molar-refractivity contribution in [1.29, 1.82) is 0 Å². The molecule has 0 radical (unpaired) electrons. The molecule has 0 spiro atoms. The van der Waals surface area contributed by atoms with Crippen LogP contribution in [-0.2, 0) is 6.54 Å². The first-order valence-electron chi connectivity index (χ1n) is 8.60. The van der Waals surface area contributed by atoms with Gasteiger partial charge in [-0.3, -0.25) is 14.5 Å². The molecule has 0 aliphatic carbocycles. The molecule has 140 valence electrons. The van der Waals surface area contributed by atoms with E-state index in [0.29, 0.717) is 22.5 Å². The minimum absolute atomic E-state index is 0.130. The molecule has 0 atom stereocenters. The molecule has 0 saturated heterocycles. The highest BCUT2D eigenvalue weighted by Gasteiger charge is 2.27.